The van der Waals surface area contributed by atoms with Crippen LogP contribution in [0.3, 0.4) is 0 Å². The Labute approximate surface area is 155 Å². The van der Waals surface area contributed by atoms with E-state index < -0.39 is 0 Å². The molecular weight excluding hydrogens is 413 g/mol. The highest BCUT2D eigenvalue weighted by atomic mass is 127. The minimum atomic E-state index is -0.246. The zero-order chi connectivity index (χ0) is 16.5. The van der Waals surface area contributed by atoms with E-state index in [4.69, 9.17) is 9.47 Å². The molecule has 0 saturated carbocycles. The Morgan fingerprint density at radius 2 is 1.96 bits per heavy atom. The van der Waals surface area contributed by atoms with Gasteiger partial charge in [-0.15, -0.1) is 24.0 Å². The van der Waals surface area contributed by atoms with E-state index >= 15 is 0 Å². The van der Waals surface area contributed by atoms with E-state index in [1.807, 2.05) is 6.92 Å². The molecule has 1 fully saturated rings. The van der Waals surface area contributed by atoms with Gasteiger partial charge in [-0.05, 0) is 19.8 Å². The van der Waals surface area contributed by atoms with Crippen LogP contribution in [0, 0.1) is 11.8 Å². The fourth-order valence-corrected chi connectivity index (χ4v) is 2.45. The Hall–Kier alpha value is -1.06. The van der Waals surface area contributed by atoms with Crippen molar-refractivity contribution in [1.29, 1.82) is 0 Å². The highest BCUT2D eigenvalue weighted by Gasteiger charge is 2.27. The maximum atomic E-state index is 11.7. The number of likely N-dealkylation sites (tertiary alicyclic amines) is 1. The number of guanidine groups is 1. The van der Waals surface area contributed by atoms with Gasteiger partial charge in [0.05, 0.1) is 25.6 Å². The maximum Gasteiger partial charge on any atom is 0.310 e. The summed E-state index contributed by atoms with van der Waals surface area (Å²) in [6, 6.07) is 0. The molecule has 1 aliphatic heterocycles. The Morgan fingerprint density at radius 1 is 1.35 bits per heavy atom. The molecule has 134 valence electrons. The number of hydrogen-bond acceptors (Lipinski definition) is 5. The van der Waals surface area contributed by atoms with Gasteiger partial charge in [-0.25, -0.2) is 0 Å². The summed E-state index contributed by atoms with van der Waals surface area (Å²) in [5.41, 5.74) is 0. The lowest BCUT2D eigenvalue weighted by atomic mass is 9.97. The smallest absolute Gasteiger partial charge is 0.310 e. The van der Waals surface area contributed by atoms with Crippen molar-refractivity contribution in [3.63, 3.8) is 0 Å². The van der Waals surface area contributed by atoms with E-state index in [0.717, 1.165) is 31.9 Å². The molecule has 23 heavy (non-hydrogen) atoms. The first kappa shape index (κ1) is 21.9. The van der Waals surface area contributed by atoms with Crippen molar-refractivity contribution in [3.8, 4) is 0 Å². The number of carbonyl (C=O) groups is 2. The van der Waals surface area contributed by atoms with E-state index in [-0.39, 0.29) is 47.8 Å². The van der Waals surface area contributed by atoms with Crippen molar-refractivity contribution < 1.29 is 19.1 Å². The molecule has 8 heteroatoms. The van der Waals surface area contributed by atoms with E-state index in [1.165, 1.54) is 7.11 Å². The molecule has 0 aromatic heterocycles. The minimum Gasteiger partial charge on any atom is -0.469 e. The van der Waals surface area contributed by atoms with Crippen molar-refractivity contribution in [2.45, 2.75) is 26.7 Å². The van der Waals surface area contributed by atoms with Crippen LogP contribution in [0.5, 0.6) is 0 Å². The molecule has 0 amide bonds. The van der Waals surface area contributed by atoms with Gasteiger partial charge in [-0.3, -0.25) is 14.6 Å². The van der Waals surface area contributed by atoms with Gasteiger partial charge in [0, 0.05) is 26.7 Å². The predicted octanol–water partition coefficient (Wildman–Crippen LogP) is 1.26. The third-order valence-corrected chi connectivity index (χ3v) is 3.80. The first-order chi connectivity index (χ1) is 10.5. The molecule has 0 aromatic rings. The molecule has 1 N–H and O–H groups in total. The van der Waals surface area contributed by atoms with Gasteiger partial charge in [0.1, 0.15) is 0 Å². The van der Waals surface area contributed by atoms with E-state index in [1.54, 1.807) is 14.0 Å². The zero-order valence-corrected chi connectivity index (χ0v) is 16.7. The third kappa shape index (κ3) is 6.92. The quantitative estimate of drug-likeness (QED) is 0.300. The number of piperidine rings is 1. The van der Waals surface area contributed by atoms with Crippen molar-refractivity contribution >= 4 is 41.9 Å². The SMILES string of the molecule is CCOC(=O)C1CCN(C(=NC)NCC(C)C(=O)OC)CC1.I. The molecule has 1 rings (SSSR count). The fourth-order valence-electron chi connectivity index (χ4n) is 2.45. The molecule has 0 spiro atoms. The summed E-state index contributed by atoms with van der Waals surface area (Å²) in [5, 5.41) is 3.18. The van der Waals surface area contributed by atoms with Crippen molar-refractivity contribution in [3.05, 3.63) is 0 Å². The van der Waals surface area contributed by atoms with Crippen molar-refractivity contribution in [2.24, 2.45) is 16.8 Å². The van der Waals surface area contributed by atoms with Crippen LogP contribution in [-0.2, 0) is 19.1 Å². The van der Waals surface area contributed by atoms with Gasteiger partial charge in [-0.1, -0.05) is 6.92 Å². The van der Waals surface area contributed by atoms with E-state index in [9.17, 15) is 9.59 Å². The Balaban J connectivity index is 0.00000484. The summed E-state index contributed by atoms with van der Waals surface area (Å²) in [4.78, 5) is 29.5. The number of aliphatic imine (C=N–C) groups is 1. The van der Waals surface area contributed by atoms with Gasteiger partial charge >= 0.3 is 11.9 Å². The van der Waals surface area contributed by atoms with Crippen LogP contribution in [0.1, 0.15) is 26.7 Å². The average molecular weight is 441 g/mol. The molecule has 0 radical (unpaired) electrons. The van der Waals surface area contributed by atoms with Crippen LogP contribution in [0.25, 0.3) is 0 Å². The number of esters is 2. The van der Waals surface area contributed by atoms with Crippen LogP contribution < -0.4 is 5.32 Å². The second-order valence-corrected chi connectivity index (χ2v) is 5.37. The van der Waals surface area contributed by atoms with Crippen molar-refractivity contribution in [2.75, 3.05) is 40.4 Å². The maximum absolute atomic E-state index is 11.7. The number of nitrogens with one attached hydrogen (secondary N) is 1. The number of nitrogens with zero attached hydrogens (tertiary/aromatic N) is 2. The monoisotopic (exact) mass is 441 g/mol. The average Bonchev–Trinajstić information content (AvgIpc) is 2.55. The van der Waals surface area contributed by atoms with Crippen molar-refractivity contribution in [1.82, 2.24) is 10.2 Å². The molecule has 7 nitrogen and oxygen atoms in total. The molecule has 1 unspecified atom stereocenters. The van der Waals surface area contributed by atoms with Gasteiger partial charge in [-0.2, -0.15) is 0 Å². The normalized spacial score (nSPS) is 17.0. The molecule has 1 saturated heterocycles. The first-order valence-corrected chi connectivity index (χ1v) is 7.73. The number of carbonyl (C=O) groups excluding carboxylic acids is 2. The lowest BCUT2D eigenvalue weighted by Gasteiger charge is -2.33. The van der Waals surface area contributed by atoms with Crippen LogP contribution in [0.2, 0.25) is 0 Å². The topological polar surface area (TPSA) is 80.2 Å². The molecule has 1 heterocycles. The Bertz CT molecular complexity index is 410. The van der Waals surface area contributed by atoms with E-state index in [0.29, 0.717) is 13.2 Å². The van der Waals surface area contributed by atoms with Crippen LogP contribution in [-0.4, -0.2) is 63.2 Å². The zero-order valence-electron chi connectivity index (χ0n) is 14.3. The molecule has 1 aliphatic rings. The number of ether oxygens (including phenoxy) is 2. The largest absolute Gasteiger partial charge is 0.469 e. The Kier molecular flexibility index (Phi) is 10.9. The van der Waals surface area contributed by atoms with E-state index in [2.05, 4.69) is 15.2 Å². The standard InChI is InChI=1S/C15H27N3O4.HI/c1-5-22-14(20)12-6-8-18(9-7-12)15(16-3)17-10-11(2)13(19)21-4;/h11-12H,5-10H2,1-4H3,(H,16,17);1H. The lowest BCUT2D eigenvalue weighted by molar-refractivity contribution is -0.149. The van der Waals surface area contributed by atoms with Gasteiger partial charge in [0.2, 0.25) is 0 Å². The lowest BCUT2D eigenvalue weighted by Crippen LogP contribution is -2.48. The van der Waals surface area contributed by atoms with Gasteiger partial charge in [0.15, 0.2) is 5.96 Å². The second-order valence-electron chi connectivity index (χ2n) is 5.37. The molecule has 0 aromatic carbocycles. The summed E-state index contributed by atoms with van der Waals surface area (Å²) < 4.78 is 9.77. The summed E-state index contributed by atoms with van der Waals surface area (Å²) in [7, 11) is 3.09. The first-order valence-electron chi connectivity index (χ1n) is 7.73. The van der Waals surface area contributed by atoms with Crippen LogP contribution >= 0.6 is 24.0 Å². The number of hydrogen-bond donors (Lipinski definition) is 1. The number of methoxy groups -OCH3 is 1. The number of rotatable bonds is 5. The molecular formula is C15H28IN3O4. The Morgan fingerprint density at radius 3 is 2.43 bits per heavy atom. The van der Waals surface area contributed by atoms with Crippen LogP contribution in [0.15, 0.2) is 4.99 Å². The van der Waals surface area contributed by atoms with Gasteiger partial charge in [0.25, 0.3) is 0 Å². The summed E-state index contributed by atoms with van der Waals surface area (Å²) in [5.74, 6) is 0.133. The minimum absolute atomic E-state index is 0. The second kappa shape index (κ2) is 11.5. The summed E-state index contributed by atoms with van der Waals surface area (Å²) in [6.45, 7) is 6.01. The van der Waals surface area contributed by atoms with Crippen LogP contribution in [0.4, 0.5) is 0 Å². The molecule has 1 atom stereocenters. The predicted molar refractivity (Wildman–Crippen MR) is 98.9 cm³/mol. The van der Waals surface area contributed by atoms with Gasteiger partial charge < -0.3 is 19.7 Å². The third-order valence-electron chi connectivity index (χ3n) is 3.80. The highest BCUT2D eigenvalue weighted by Crippen LogP contribution is 2.18. The summed E-state index contributed by atoms with van der Waals surface area (Å²) in [6.07, 6.45) is 1.51. The summed E-state index contributed by atoms with van der Waals surface area (Å²) >= 11 is 0. The molecule has 0 aliphatic carbocycles. The number of halogens is 1. The fraction of sp³-hybridized carbons (Fsp3) is 0.800. The highest BCUT2D eigenvalue weighted by molar-refractivity contribution is 14.0. The molecule has 0 bridgehead atoms.